The first-order valence-corrected chi connectivity index (χ1v) is 8.10. The molecular formula is C20H20LiNO2. The van der Waals surface area contributed by atoms with Crippen molar-refractivity contribution in [2.45, 2.75) is 25.5 Å². The van der Waals surface area contributed by atoms with E-state index in [1.165, 1.54) is 0 Å². The maximum atomic E-state index is 6.15. The van der Waals surface area contributed by atoms with Gasteiger partial charge in [-0.05, 0) is 17.0 Å². The number of rotatable bonds is 4. The van der Waals surface area contributed by atoms with Crippen molar-refractivity contribution in [1.82, 2.24) is 0 Å². The number of benzene rings is 2. The second-order valence-corrected chi connectivity index (χ2v) is 6.40. The van der Waals surface area contributed by atoms with Crippen LogP contribution in [0.4, 0.5) is 0 Å². The van der Waals surface area contributed by atoms with Crippen LogP contribution in [0.25, 0.3) is 0 Å². The summed E-state index contributed by atoms with van der Waals surface area (Å²) in [6, 6.07) is 20.8. The second kappa shape index (κ2) is 6.68. The van der Waals surface area contributed by atoms with Gasteiger partial charge >= 0.3 is 18.9 Å². The molecule has 2 aliphatic heterocycles. The van der Waals surface area contributed by atoms with Gasteiger partial charge in [-0.15, -0.1) is 6.10 Å². The van der Waals surface area contributed by atoms with Crippen LogP contribution >= 0.6 is 0 Å². The Morgan fingerprint density at radius 3 is 2.00 bits per heavy atom. The Balaban J connectivity index is 0.00000169. The molecule has 1 atom stereocenters. The van der Waals surface area contributed by atoms with Gasteiger partial charge < -0.3 is 9.47 Å². The van der Waals surface area contributed by atoms with E-state index < -0.39 is 5.60 Å². The molecule has 1 saturated heterocycles. The topological polar surface area (TPSA) is 34.1 Å². The first kappa shape index (κ1) is 17.2. The number of aliphatic imine (C=N–C) groups is 1. The van der Waals surface area contributed by atoms with Crippen LogP contribution < -0.4 is 18.9 Å². The van der Waals surface area contributed by atoms with Crippen molar-refractivity contribution < 1.29 is 28.3 Å². The second-order valence-electron chi connectivity index (χ2n) is 6.40. The Hall–Kier alpha value is -1.66. The van der Waals surface area contributed by atoms with Crippen LogP contribution in [0.15, 0.2) is 65.7 Å². The van der Waals surface area contributed by atoms with Gasteiger partial charge in [0.25, 0.3) is 0 Å². The van der Waals surface area contributed by atoms with Gasteiger partial charge in [0, 0.05) is 5.60 Å². The van der Waals surface area contributed by atoms with Gasteiger partial charge in [0.2, 0.25) is 0 Å². The number of hydrogen-bond acceptors (Lipinski definition) is 3. The van der Waals surface area contributed by atoms with Crippen molar-refractivity contribution >= 4 is 5.90 Å². The van der Waals surface area contributed by atoms with E-state index in [9.17, 15) is 0 Å². The predicted molar refractivity (Wildman–Crippen MR) is 90.0 cm³/mol. The summed E-state index contributed by atoms with van der Waals surface area (Å²) < 4.78 is 12.0. The van der Waals surface area contributed by atoms with E-state index in [2.05, 4.69) is 38.1 Å². The minimum atomic E-state index is -0.548. The SMILES string of the molecule is CC(C)[C@H]1COC([C-]2OC2(c2ccccc2)c2ccccc2)=N1.[Li+]. The van der Waals surface area contributed by atoms with Crippen LogP contribution in [-0.4, -0.2) is 18.5 Å². The standard InChI is InChI=1S/C20H20NO2.Li/c1-14(2)17-13-22-19(21-17)18-20(23-18,15-9-5-3-6-10-15)16-11-7-4-8-12-16;/h3-12,14,17H,13H2,1-2H3;/q-1;+1/t17-;/m1./s1. The van der Waals surface area contributed by atoms with E-state index in [1.807, 2.05) is 36.4 Å². The van der Waals surface area contributed by atoms with Crippen LogP contribution in [0.2, 0.25) is 0 Å². The maximum absolute atomic E-state index is 6.15. The van der Waals surface area contributed by atoms with E-state index in [1.54, 1.807) is 0 Å². The van der Waals surface area contributed by atoms with E-state index in [4.69, 9.17) is 14.5 Å². The molecule has 2 heterocycles. The number of epoxide rings is 1. The molecule has 2 aromatic rings. The molecule has 4 rings (SSSR count). The van der Waals surface area contributed by atoms with Crippen molar-refractivity contribution in [2.75, 3.05) is 6.61 Å². The zero-order valence-electron chi connectivity index (χ0n) is 14.4. The summed E-state index contributed by atoms with van der Waals surface area (Å²) in [7, 11) is 0. The summed E-state index contributed by atoms with van der Waals surface area (Å²) >= 11 is 0. The summed E-state index contributed by atoms with van der Waals surface area (Å²) in [6.07, 6.45) is 0.832. The van der Waals surface area contributed by atoms with Gasteiger partial charge in [-0.2, -0.15) is 0 Å². The van der Waals surface area contributed by atoms with Crippen molar-refractivity contribution in [2.24, 2.45) is 10.9 Å². The molecule has 0 saturated carbocycles. The van der Waals surface area contributed by atoms with Crippen LogP contribution in [0.1, 0.15) is 25.0 Å². The Labute approximate surface area is 155 Å². The maximum Gasteiger partial charge on any atom is 1.00 e. The summed E-state index contributed by atoms with van der Waals surface area (Å²) in [5.74, 6) is 1.13. The van der Waals surface area contributed by atoms with Gasteiger partial charge in [-0.3, -0.25) is 4.99 Å². The fourth-order valence-electron chi connectivity index (χ4n) is 3.07. The molecule has 0 N–H and O–H groups in total. The monoisotopic (exact) mass is 313 g/mol. The third-order valence-corrected chi connectivity index (χ3v) is 4.53. The van der Waals surface area contributed by atoms with Gasteiger partial charge in [0.05, 0.1) is 11.9 Å². The van der Waals surface area contributed by atoms with Crippen molar-refractivity contribution in [3.63, 3.8) is 0 Å². The third kappa shape index (κ3) is 2.78. The molecule has 2 aliphatic rings. The molecule has 4 heteroatoms. The normalized spacial score (nSPS) is 21.0. The molecule has 2 aromatic carbocycles. The van der Waals surface area contributed by atoms with Crippen LogP contribution in [-0.2, 0) is 15.1 Å². The Kier molecular flexibility index (Phi) is 4.78. The average molecular weight is 313 g/mol. The molecule has 0 radical (unpaired) electrons. The van der Waals surface area contributed by atoms with Crippen LogP contribution in [0.3, 0.4) is 0 Å². The Morgan fingerprint density at radius 1 is 1.00 bits per heavy atom. The Bertz CT molecular complexity index is 675. The molecule has 24 heavy (non-hydrogen) atoms. The molecule has 0 spiro atoms. The van der Waals surface area contributed by atoms with E-state index in [0.717, 1.165) is 17.2 Å². The van der Waals surface area contributed by atoms with E-state index in [0.29, 0.717) is 18.4 Å². The zero-order valence-corrected chi connectivity index (χ0v) is 14.4. The summed E-state index contributed by atoms with van der Waals surface area (Å²) in [5.41, 5.74) is 1.67. The molecular weight excluding hydrogens is 293 g/mol. The van der Waals surface area contributed by atoms with Gasteiger partial charge in [0.1, 0.15) is 6.61 Å². The van der Waals surface area contributed by atoms with Gasteiger partial charge in [0.15, 0.2) is 0 Å². The van der Waals surface area contributed by atoms with Gasteiger partial charge in [-0.1, -0.05) is 74.5 Å². The van der Waals surface area contributed by atoms with Crippen molar-refractivity contribution in [3.05, 3.63) is 77.9 Å². The molecule has 0 aromatic heterocycles. The molecule has 0 bridgehead atoms. The molecule has 1 fully saturated rings. The number of nitrogens with zero attached hydrogens (tertiary/aromatic N) is 1. The van der Waals surface area contributed by atoms with E-state index >= 15 is 0 Å². The molecule has 3 nitrogen and oxygen atoms in total. The predicted octanol–water partition coefficient (Wildman–Crippen LogP) is 0.950. The van der Waals surface area contributed by atoms with Crippen molar-refractivity contribution in [1.29, 1.82) is 0 Å². The van der Waals surface area contributed by atoms with Crippen LogP contribution in [0.5, 0.6) is 0 Å². The first-order valence-electron chi connectivity index (χ1n) is 8.10. The first-order chi connectivity index (χ1) is 11.2. The minimum Gasteiger partial charge on any atom is -0.526 e. The molecule has 0 aliphatic carbocycles. The minimum absolute atomic E-state index is 0. The fourth-order valence-corrected chi connectivity index (χ4v) is 3.07. The summed E-state index contributed by atoms with van der Waals surface area (Å²) in [5, 5.41) is 0. The number of ether oxygens (including phenoxy) is 2. The largest absolute Gasteiger partial charge is 1.00 e. The van der Waals surface area contributed by atoms with Crippen LogP contribution in [0, 0.1) is 12.0 Å². The third-order valence-electron chi connectivity index (χ3n) is 4.53. The molecule has 0 unspecified atom stereocenters. The smallest absolute Gasteiger partial charge is 0.526 e. The quantitative estimate of drug-likeness (QED) is 0.478. The molecule has 118 valence electrons. The zero-order chi connectivity index (χ0) is 15.9. The van der Waals surface area contributed by atoms with Gasteiger partial charge in [-0.25, -0.2) is 0 Å². The average Bonchev–Trinajstić information content (AvgIpc) is 3.16. The molecule has 0 amide bonds. The fraction of sp³-hybridized carbons (Fsp3) is 0.300. The number of hydrogen-bond donors (Lipinski definition) is 0. The Morgan fingerprint density at radius 2 is 1.54 bits per heavy atom. The summed E-state index contributed by atoms with van der Waals surface area (Å²) in [4.78, 5) is 4.73. The van der Waals surface area contributed by atoms with Crippen molar-refractivity contribution in [3.8, 4) is 0 Å². The van der Waals surface area contributed by atoms with E-state index in [-0.39, 0.29) is 24.9 Å². The summed E-state index contributed by atoms with van der Waals surface area (Å²) in [6.45, 7) is 4.97.